The Hall–Kier alpha value is -5.18. The molecule has 2 heteroatoms. The van der Waals surface area contributed by atoms with Gasteiger partial charge < -0.3 is 4.74 Å². The molecule has 2 unspecified atom stereocenters. The quantitative estimate of drug-likeness (QED) is 0.177. The monoisotopic (exact) mass is 710 g/mol. The van der Waals surface area contributed by atoms with Gasteiger partial charge in [-0.25, -0.2) is 0 Å². The third-order valence-corrected chi connectivity index (χ3v) is 10.5. The van der Waals surface area contributed by atoms with Crippen LogP contribution in [-0.2, 0) is 5.41 Å². The fourth-order valence-corrected chi connectivity index (χ4v) is 8.00. The predicted molar refractivity (Wildman–Crippen MR) is 211 cm³/mol. The molecule has 0 bridgehead atoms. The highest BCUT2D eigenvalue weighted by Crippen LogP contribution is 2.50. The second kappa shape index (κ2) is 13.3. The number of ether oxygens (including phenoxy) is 1. The first kappa shape index (κ1) is 32.0. The van der Waals surface area contributed by atoms with Gasteiger partial charge in [-0.3, -0.25) is 0 Å². The van der Waals surface area contributed by atoms with Crippen molar-refractivity contribution >= 4 is 15.9 Å². The molecule has 0 N–H and O–H groups in total. The number of hydrogen-bond donors (Lipinski definition) is 0. The Labute approximate surface area is 304 Å². The fourth-order valence-electron chi connectivity index (χ4n) is 7.62. The van der Waals surface area contributed by atoms with Crippen LogP contribution in [0.25, 0.3) is 22.3 Å². The van der Waals surface area contributed by atoms with Crippen LogP contribution in [0.3, 0.4) is 0 Å². The zero-order valence-corrected chi connectivity index (χ0v) is 30.2. The van der Waals surface area contributed by atoms with Crippen LogP contribution >= 0.6 is 15.9 Å². The van der Waals surface area contributed by atoms with E-state index < -0.39 is 0 Å². The minimum Gasteiger partial charge on any atom is -0.457 e. The maximum absolute atomic E-state index is 6.61. The normalized spacial score (nSPS) is 15.2. The molecule has 0 aliphatic heterocycles. The van der Waals surface area contributed by atoms with Crippen LogP contribution in [0, 0.1) is 0 Å². The Balaban J connectivity index is 1.49. The third-order valence-electron chi connectivity index (χ3n) is 9.98. The maximum Gasteiger partial charge on any atom is 0.128 e. The average molecular weight is 712 g/mol. The molecule has 1 aliphatic rings. The van der Waals surface area contributed by atoms with E-state index in [2.05, 4.69) is 182 Å². The van der Waals surface area contributed by atoms with Crippen LogP contribution in [0.4, 0.5) is 0 Å². The van der Waals surface area contributed by atoms with E-state index in [4.69, 9.17) is 4.74 Å². The summed E-state index contributed by atoms with van der Waals surface area (Å²) in [7, 11) is 0. The molecule has 0 saturated carbocycles. The summed E-state index contributed by atoms with van der Waals surface area (Å²) in [6.45, 7) is 6.88. The smallest absolute Gasteiger partial charge is 0.128 e. The Morgan fingerprint density at radius 2 is 0.920 bits per heavy atom. The minimum atomic E-state index is -0.0658. The lowest BCUT2D eigenvalue weighted by atomic mass is 9.72. The molecule has 0 radical (unpaired) electrons. The second-order valence-corrected chi connectivity index (χ2v) is 15.1. The van der Waals surface area contributed by atoms with Gasteiger partial charge >= 0.3 is 0 Å². The van der Waals surface area contributed by atoms with Crippen molar-refractivity contribution in [2.24, 2.45) is 0 Å². The summed E-state index contributed by atoms with van der Waals surface area (Å²) in [6.07, 6.45) is 0. The van der Waals surface area contributed by atoms with Crippen molar-refractivity contribution in [1.29, 1.82) is 0 Å². The Morgan fingerprint density at radius 1 is 0.420 bits per heavy atom. The molecule has 1 nitrogen and oxygen atoms in total. The second-order valence-electron chi connectivity index (χ2n) is 14.2. The Kier molecular flexibility index (Phi) is 8.50. The van der Waals surface area contributed by atoms with Crippen molar-refractivity contribution in [2.45, 2.75) is 38.0 Å². The Morgan fingerprint density at radius 3 is 1.52 bits per heavy atom. The predicted octanol–water partition coefficient (Wildman–Crippen LogP) is 13.5. The van der Waals surface area contributed by atoms with Gasteiger partial charge in [0.1, 0.15) is 11.5 Å². The molecular weight excluding hydrogens is 672 g/mol. The standard InChI is InChI=1S/C48H39BrO/c1-48(2,3)34-18-13-17-33(29-34)47-44-26-12-8-22-39(44)38-21-7-10-24-42(38)46(32-15-5-4-6-16-32)43-25-11-9-23-40(43)41-28-27-37(31-45(41)47)50-36-20-14-19-35(49)30-36/h4-31,46-47H,1-3H3. The summed E-state index contributed by atoms with van der Waals surface area (Å²) in [5.74, 6) is 1.57. The first-order valence-corrected chi connectivity index (χ1v) is 18.1. The van der Waals surface area contributed by atoms with Gasteiger partial charge in [-0.05, 0) is 96.9 Å². The van der Waals surface area contributed by atoms with Crippen LogP contribution in [0.2, 0.25) is 0 Å². The maximum atomic E-state index is 6.61. The topological polar surface area (TPSA) is 9.23 Å². The van der Waals surface area contributed by atoms with E-state index in [1.165, 1.54) is 61.2 Å². The van der Waals surface area contributed by atoms with Crippen LogP contribution in [0.15, 0.2) is 174 Å². The number of fused-ring (bicyclic) bond motifs is 6. The van der Waals surface area contributed by atoms with Gasteiger partial charge in [0.25, 0.3) is 0 Å². The summed E-state index contributed by atoms with van der Waals surface area (Å²) in [5, 5.41) is 0. The molecule has 7 aromatic rings. The average Bonchev–Trinajstić information content (AvgIpc) is 3.13. The molecule has 0 fully saturated rings. The molecule has 244 valence electrons. The van der Waals surface area contributed by atoms with Gasteiger partial charge in [-0.1, -0.05) is 176 Å². The molecule has 0 amide bonds. The summed E-state index contributed by atoms with van der Waals surface area (Å²) in [6, 6.07) is 61.9. The molecule has 0 heterocycles. The first-order chi connectivity index (χ1) is 24.3. The number of halogens is 1. The van der Waals surface area contributed by atoms with Crippen molar-refractivity contribution in [3.05, 3.63) is 213 Å². The van der Waals surface area contributed by atoms with Crippen LogP contribution in [-0.4, -0.2) is 0 Å². The van der Waals surface area contributed by atoms with E-state index >= 15 is 0 Å². The molecule has 50 heavy (non-hydrogen) atoms. The van der Waals surface area contributed by atoms with Crippen LogP contribution < -0.4 is 4.74 Å². The van der Waals surface area contributed by atoms with Crippen molar-refractivity contribution in [3.63, 3.8) is 0 Å². The van der Waals surface area contributed by atoms with Crippen LogP contribution in [0.5, 0.6) is 11.5 Å². The zero-order chi connectivity index (χ0) is 34.2. The number of rotatable bonds is 4. The van der Waals surface area contributed by atoms with Crippen molar-refractivity contribution in [2.75, 3.05) is 0 Å². The van der Waals surface area contributed by atoms with Gasteiger partial charge in [-0.15, -0.1) is 0 Å². The molecule has 1 aliphatic carbocycles. The lowest BCUT2D eigenvalue weighted by Gasteiger charge is -2.31. The van der Waals surface area contributed by atoms with Gasteiger partial charge in [-0.2, -0.15) is 0 Å². The molecule has 8 rings (SSSR count). The molecule has 0 spiro atoms. The highest BCUT2D eigenvalue weighted by Gasteiger charge is 2.31. The van der Waals surface area contributed by atoms with Gasteiger partial charge in [0.2, 0.25) is 0 Å². The fraction of sp³-hybridized carbons (Fsp3) is 0.125. The third kappa shape index (κ3) is 6.10. The van der Waals surface area contributed by atoms with Crippen LogP contribution in [0.1, 0.15) is 71.6 Å². The highest BCUT2D eigenvalue weighted by atomic mass is 79.9. The van der Waals surface area contributed by atoms with Crippen molar-refractivity contribution in [3.8, 4) is 33.8 Å². The van der Waals surface area contributed by atoms with Gasteiger partial charge in [0, 0.05) is 16.3 Å². The summed E-state index contributed by atoms with van der Waals surface area (Å²) in [4.78, 5) is 0. The zero-order valence-electron chi connectivity index (χ0n) is 28.6. The molecule has 0 aromatic heterocycles. The van der Waals surface area contributed by atoms with Gasteiger partial charge in [0.05, 0.1) is 0 Å². The van der Waals surface area contributed by atoms with Crippen molar-refractivity contribution in [1.82, 2.24) is 0 Å². The lowest BCUT2D eigenvalue weighted by molar-refractivity contribution is 0.481. The SMILES string of the molecule is CC(C)(C)c1cccc(C2c3ccccc3-c3ccccc3C(c3ccccc3)c3ccccc3-c3ccc(Oc4cccc(Br)c4)cc32)c1. The van der Waals surface area contributed by atoms with E-state index in [0.717, 1.165) is 16.0 Å². The molecule has 7 aromatic carbocycles. The van der Waals surface area contributed by atoms with E-state index in [1.54, 1.807) is 0 Å². The van der Waals surface area contributed by atoms with Crippen molar-refractivity contribution < 1.29 is 4.74 Å². The van der Waals surface area contributed by atoms with E-state index in [9.17, 15) is 0 Å². The Bertz CT molecular complexity index is 2310. The first-order valence-electron chi connectivity index (χ1n) is 17.4. The van der Waals surface area contributed by atoms with Gasteiger partial charge in [0.15, 0.2) is 0 Å². The lowest BCUT2D eigenvalue weighted by Crippen LogP contribution is -2.15. The molecule has 2 atom stereocenters. The molecular formula is C48H39BrO. The minimum absolute atomic E-state index is 0.00209. The van der Waals surface area contributed by atoms with E-state index in [0.29, 0.717) is 0 Å². The van der Waals surface area contributed by atoms with E-state index in [1.807, 2.05) is 24.3 Å². The summed E-state index contributed by atoms with van der Waals surface area (Å²) < 4.78 is 7.59. The molecule has 0 saturated heterocycles. The van der Waals surface area contributed by atoms with E-state index in [-0.39, 0.29) is 17.3 Å². The number of hydrogen-bond acceptors (Lipinski definition) is 1. The summed E-state index contributed by atoms with van der Waals surface area (Å²) >= 11 is 3.63. The largest absolute Gasteiger partial charge is 0.457 e. The highest BCUT2D eigenvalue weighted by molar-refractivity contribution is 9.10. The summed E-state index contributed by atoms with van der Waals surface area (Å²) in [5.41, 5.74) is 13.9. The number of benzene rings is 7.